The first kappa shape index (κ1) is 15.4. The molecule has 2 rings (SSSR count). The first-order valence-corrected chi connectivity index (χ1v) is 6.38. The van der Waals surface area contributed by atoms with Gasteiger partial charge in [0.05, 0.1) is 25.1 Å². The van der Waals surface area contributed by atoms with Crippen molar-refractivity contribution in [3.05, 3.63) is 29.6 Å². The van der Waals surface area contributed by atoms with Crippen LogP contribution in [0.25, 0.3) is 0 Å². The van der Waals surface area contributed by atoms with Crippen LogP contribution in [-0.2, 0) is 22.2 Å². The molecular weight excluding hydrogens is 287 g/mol. The van der Waals surface area contributed by atoms with Gasteiger partial charge in [-0.2, -0.15) is 13.2 Å². The van der Waals surface area contributed by atoms with Crippen LogP contribution >= 0.6 is 0 Å². The molecule has 0 aliphatic carbocycles. The van der Waals surface area contributed by atoms with Crippen LogP contribution in [0.5, 0.6) is 0 Å². The van der Waals surface area contributed by atoms with Gasteiger partial charge in [0.1, 0.15) is 0 Å². The van der Waals surface area contributed by atoms with Crippen molar-refractivity contribution in [1.82, 2.24) is 15.2 Å². The van der Waals surface area contributed by atoms with E-state index in [-0.39, 0.29) is 36.9 Å². The van der Waals surface area contributed by atoms with Gasteiger partial charge >= 0.3 is 6.18 Å². The number of rotatable bonds is 4. The van der Waals surface area contributed by atoms with E-state index in [1.165, 1.54) is 4.90 Å². The third kappa shape index (κ3) is 4.25. The number of ketones is 1. The number of hydrogen-bond acceptors (Lipinski definition) is 4. The number of Topliss-reactive ketones (excluding diaryl/α,β-unsaturated/α-hetero) is 1. The van der Waals surface area contributed by atoms with Crippen LogP contribution in [0.15, 0.2) is 18.3 Å². The highest BCUT2D eigenvalue weighted by molar-refractivity contribution is 5.88. The second-order valence-corrected chi connectivity index (χ2v) is 4.74. The average molecular weight is 301 g/mol. The fourth-order valence-corrected chi connectivity index (χ4v) is 2.04. The molecule has 0 saturated carbocycles. The number of halogens is 3. The summed E-state index contributed by atoms with van der Waals surface area (Å²) in [7, 11) is 0. The van der Waals surface area contributed by atoms with E-state index < -0.39 is 11.7 Å². The molecule has 21 heavy (non-hydrogen) atoms. The Morgan fingerprint density at radius 3 is 2.86 bits per heavy atom. The second-order valence-electron chi connectivity index (χ2n) is 4.74. The summed E-state index contributed by atoms with van der Waals surface area (Å²) in [6, 6.07) is 1.71. The summed E-state index contributed by atoms with van der Waals surface area (Å²) < 4.78 is 37.7. The molecule has 1 fully saturated rings. The third-order valence-electron chi connectivity index (χ3n) is 3.08. The highest BCUT2D eigenvalue weighted by atomic mass is 19.4. The number of amides is 1. The molecule has 1 N–H and O–H groups in total. The predicted octanol–water partition coefficient (Wildman–Crippen LogP) is 0.644. The van der Waals surface area contributed by atoms with Gasteiger partial charge in [0, 0.05) is 25.0 Å². The minimum absolute atomic E-state index is 0.0532. The number of hydrogen-bond donors (Lipinski definition) is 1. The fourth-order valence-electron chi connectivity index (χ4n) is 2.04. The zero-order valence-electron chi connectivity index (χ0n) is 11.1. The topological polar surface area (TPSA) is 62.3 Å². The summed E-state index contributed by atoms with van der Waals surface area (Å²) >= 11 is 0. The lowest BCUT2D eigenvalue weighted by Crippen LogP contribution is -2.49. The molecule has 0 radical (unpaired) electrons. The Kier molecular flexibility index (Phi) is 4.56. The van der Waals surface area contributed by atoms with Gasteiger partial charge < -0.3 is 10.2 Å². The summed E-state index contributed by atoms with van der Waals surface area (Å²) in [6.07, 6.45) is -3.65. The number of carbonyl (C=O) groups is 2. The largest absolute Gasteiger partial charge is 0.416 e. The van der Waals surface area contributed by atoms with Gasteiger partial charge in [-0.15, -0.1) is 0 Å². The number of alkyl halides is 3. The Balaban J connectivity index is 1.98. The van der Waals surface area contributed by atoms with Crippen molar-refractivity contribution in [1.29, 1.82) is 0 Å². The lowest BCUT2D eigenvalue weighted by Gasteiger charge is -2.26. The van der Waals surface area contributed by atoms with Gasteiger partial charge in [0.15, 0.2) is 5.78 Å². The molecule has 0 aromatic carbocycles. The van der Waals surface area contributed by atoms with Crippen molar-refractivity contribution in [2.45, 2.75) is 12.6 Å². The Labute approximate surface area is 119 Å². The maximum atomic E-state index is 12.6. The van der Waals surface area contributed by atoms with Crippen molar-refractivity contribution in [3.63, 3.8) is 0 Å². The molecule has 2 heterocycles. The van der Waals surface area contributed by atoms with E-state index in [1.807, 2.05) is 0 Å². The Morgan fingerprint density at radius 2 is 2.19 bits per heavy atom. The van der Waals surface area contributed by atoms with Crippen LogP contribution < -0.4 is 5.32 Å². The van der Waals surface area contributed by atoms with E-state index in [2.05, 4.69) is 10.3 Å². The van der Waals surface area contributed by atoms with Crippen LogP contribution in [0.3, 0.4) is 0 Å². The molecular formula is C13H14F3N3O2. The number of nitrogens with zero attached hydrogens (tertiary/aromatic N) is 2. The quantitative estimate of drug-likeness (QED) is 0.887. The Bertz CT molecular complexity index is 546. The van der Waals surface area contributed by atoms with Crippen LogP contribution in [0.1, 0.15) is 11.3 Å². The molecule has 1 aliphatic heterocycles. The lowest BCUT2D eigenvalue weighted by molar-refractivity contribution is -0.137. The smallest absolute Gasteiger partial charge is 0.333 e. The Morgan fingerprint density at radius 1 is 1.43 bits per heavy atom. The minimum Gasteiger partial charge on any atom is -0.333 e. The van der Waals surface area contributed by atoms with Crippen LogP contribution in [0, 0.1) is 0 Å². The Hall–Kier alpha value is -1.96. The van der Waals surface area contributed by atoms with Gasteiger partial charge in [-0.3, -0.25) is 14.6 Å². The monoisotopic (exact) mass is 301 g/mol. The van der Waals surface area contributed by atoms with E-state index in [4.69, 9.17) is 0 Å². The summed E-state index contributed by atoms with van der Waals surface area (Å²) in [5, 5.41) is 2.87. The normalized spacial score (nSPS) is 16.1. The first-order chi connectivity index (χ1) is 9.86. The minimum atomic E-state index is -4.46. The number of piperazine rings is 1. The van der Waals surface area contributed by atoms with Crippen molar-refractivity contribution in [2.75, 3.05) is 26.2 Å². The molecule has 1 saturated heterocycles. The highest BCUT2D eigenvalue weighted by Gasteiger charge is 2.31. The fraction of sp³-hybridized carbons (Fsp3) is 0.462. The van der Waals surface area contributed by atoms with Crippen LogP contribution in [0.4, 0.5) is 13.2 Å². The third-order valence-corrected chi connectivity index (χ3v) is 3.08. The number of aromatic nitrogens is 1. The van der Waals surface area contributed by atoms with Crippen molar-refractivity contribution in [3.8, 4) is 0 Å². The average Bonchev–Trinajstić information content (AvgIpc) is 2.41. The number of nitrogens with one attached hydrogen (secondary N) is 1. The molecule has 1 amide bonds. The molecule has 1 aromatic heterocycles. The van der Waals surface area contributed by atoms with Crippen molar-refractivity contribution in [2.24, 2.45) is 0 Å². The van der Waals surface area contributed by atoms with E-state index in [9.17, 15) is 22.8 Å². The maximum absolute atomic E-state index is 12.6. The highest BCUT2D eigenvalue weighted by Crippen LogP contribution is 2.29. The SMILES string of the molecule is O=C(Cc1cc(C(F)(F)F)ccn1)CN1CCNCC1=O. The molecule has 1 aliphatic rings. The van der Waals surface area contributed by atoms with Gasteiger partial charge in [-0.1, -0.05) is 0 Å². The summed E-state index contributed by atoms with van der Waals surface area (Å²) in [4.78, 5) is 28.5. The molecule has 0 bridgehead atoms. The van der Waals surface area contributed by atoms with Gasteiger partial charge in [0.25, 0.3) is 0 Å². The van der Waals surface area contributed by atoms with Gasteiger partial charge in [0.2, 0.25) is 5.91 Å². The zero-order valence-corrected chi connectivity index (χ0v) is 11.1. The van der Waals surface area contributed by atoms with Crippen LogP contribution in [0.2, 0.25) is 0 Å². The van der Waals surface area contributed by atoms with E-state index in [0.717, 1.165) is 18.3 Å². The van der Waals surface area contributed by atoms with E-state index >= 15 is 0 Å². The lowest BCUT2D eigenvalue weighted by atomic mass is 10.1. The predicted molar refractivity (Wildman–Crippen MR) is 67.4 cm³/mol. The van der Waals surface area contributed by atoms with Gasteiger partial charge in [-0.25, -0.2) is 0 Å². The van der Waals surface area contributed by atoms with E-state index in [1.54, 1.807) is 0 Å². The number of pyridine rings is 1. The molecule has 0 spiro atoms. The standard InChI is InChI=1S/C13H14F3N3O2/c14-13(15,16)9-1-2-18-10(5-9)6-11(20)8-19-4-3-17-7-12(19)21/h1-2,5,17H,3-4,6-8H2. The summed E-state index contributed by atoms with van der Waals surface area (Å²) in [5.41, 5.74) is -0.782. The zero-order chi connectivity index (χ0) is 15.5. The van der Waals surface area contributed by atoms with Gasteiger partial charge in [-0.05, 0) is 12.1 Å². The molecule has 1 aromatic rings. The maximum Gasteiger partial charge on any atom is 0.416 e. The van der Waals surface area contributed by atoms with Crippen molar-refractivity contribution >= 4 is 11.7 Å². The molecule has 5 nitrogen and oxygen atoms in total. The molecule has 8 heteroatoms. The molecule has 0 atom stereocenters. The van der Waals surface area contributed by atoms with Crippen molar-refractivity contribution < 1.29 is 22.8 Å². The summed E-state index contributed by atoms with van der Waals surface area (Å²) in [5.74, 6) is -0.524. The molecule has 0 unspecified atom stereocenters. The number of carbonyl (C=O) groups excluding carboxylic acids is 2. The first-order valence-electron chi connectivity index (χ1n) is 6.38. The van der Waals surface area contributed by atoms with E-state index in [0.29, 0.717) is 13.1 Å². The van der Waals surface area contributed by atoms with Crippen LogP contribution in [-0.4, -0.2) is 47.8 Å². The second kappa shape index (κ2) is 6.21. The summed E-state index contributed by atoms with van der Waals surface area (Å²) in [6.45, 7) is 1.09. The molecule has 114 valence electrons.